The maximum atomic E-state index is 5.81. The number of aryl methyl sites for hydroxylation is 1. The molecule has 0 aliphatic carbocycles. The standard InChI is InChI=1S/C14H18N2OS/c1-11-4-5-14(13(16-11)6-8-15)17-9-7-12-3-2-10-18-12/h2-5,10H,6-9,15H2,1H3. The molecule has 3 nitrogen and oxygen atoms in total. The Balaban J connectivity index is 1.95. The average molecular weight is 262 g/mol. The molecular weight excluding hydrogens is 244 g/mol. The monoisotopic (exact) mass is 262 g/mol. The molecular formula is C14H18N2OS. The van der Waals surface area contributed by atoms with Crippen LogP contribution >= 0.6 is 11.3 Å². The molecule has 18 heavy (non-hydrogen) atoms. The molecule has 2 rings (SSSR count). The minimum atomic E-state index is 0.595. The molecule has 2 heterocycles. The number of ether oxygens (including phenoxy) is 1. The second-order valence-electron chi connectivity index (χ2n) is 4.11. The van der Waals surface area contributed by atoms with Crippen LogP contribution < -0.4 is 10.5 Å². The van der Waals surface area contributed by atoms with E-state index in [1.54, 1.807) is 11.3 Å². The zero-order valence-electron chi connectivity index (χ0n) is 10.6. The fraction of sp³-hybridized carbons (Fsp3) is 0.357. The van der Waals surface area contributed by atoms with Gasteiger partial charge in [0.05, 0.1) is 12.3 Å². The van der Waals surface area contributed by atoms with E-state index in [0.717, 1.165) is 30.0 Å². The summed E-state index contributed by atoms with van der Waals surface area (Å²) in [4.78, 5) is 5.82. The second kappa shape index (κ2) is 6.52. The molecule has 0 saturated carbocycles. The Morgan fingerprint density at radius 3 is 2.89 bits per heavy atom. The number of nitrogens with two attached hydrogens (primary N) is 1. The summed E-state index contributed by atoms with van der Waals surface area (Å²) in [6.07, 6.45) is 1.70. The highest BCUT2D eigenvalue weighted by molar-refractivity contribution is 7.09. The summed E-state index contributed by atoms with van der Waals surface area (Å²) < 4.78 is 5.81. The highest BCUT2D eigenvalue weighted by Crippen LogP contribution is 2.18. The van der Waals surface area contributed by atoms with Crippen LogP contribution in [0.1, 0.15) is 16.3 Å². The van der Waals surface area contributed by atoms with Crippen LogP contribution in [-0.4, -0.2) is 18.1 Å². The van der Waals surface area contributed by atoms with Crippen LogP contribution in [0.15, 0.2) is 29.6 Å². The van der Waals surface area contributed by atoms with Gasteiger partial charge in [-0.25, -0.2) is 0 Å². The molecule has 0 spiro atoms. The van der Waals surface area contributed by atoms with Gasteiger partial charge >= 0.3 is 0 Å². The molecule has 0 atom stereocenters. The number of hydrogen-bond donors (Lipinski definition) is 1. The molecule has 0 unspecified atom stereocenters. The van der Waals surface area contributed by atoms with Gasteiger partial charge in [0.2, 0.25) is 0 Å². The lowest BCUT2D eigenvalue weighted by Gasteiger charge is -2.10. The van der Waals surface area contributed by atoms with Gasteiger partial charge in [0, 0.05) is 23.4 Å². The predicted molar refractivity (Wildman–Crippen MR) is 75.3 cm³/mol. The van der Waals surface area contributed by atoms with Crippen molar-refractivity contribution in [1.29, 1.82) is 0 Å². The highest BCUT2D eigenvalue weighted by atomic mass is 32.1. The van der Waals surface area contributed by atoms with E-state index in [0.29, 0.717) is 13.2 Å². The molecule has 2 aromatic heterocycles. The molecule has 0 aliphatic rings. The zero-order chi connectivity index (χ0) is 12.8. The number of aromatic nitrogens is 1. The van der Waals surface area contributed by atoms with Crippen LogP contribution in [0.3, 0.4) is 0 Å². The average Bonchev–Trinajstić information content (AvgIpc) is 2.85. The van der Waals surface area contributed by atoms with Crippen molar-refractivity contribution in [2.24, 2.45) is 5.73 Å². The van der Waals surface area contributed by atoms with Gasteiger partial charge in [0.15, 0.2) is 0 Å². The van der Waals surface area contributed by atoms with Crippen LogP contribution in [0.4, 0.5) is 0 Å². The summed E-state index contributed by atoms with van der Waals surface area (Å²) in [6.45, 7) is 3.26. The summed E-state index contributed by atoms with van der Waals surface area (Å²) >= 11 is 1.76. The molecule has 0 saturated heterocycles. The number of thiophene rings is 1. The Labute approximate surface area is 112 Å². The molecule has 0 aromatic carbocycles. The van der Waals surface area contributed by atoms with Crippen molar-refractivity contribution in [3.63, 3.8) is 0 Å². The molecule has 0 bridgehead atoms. The van der Waals surface area contributed by atoms with Gasteiger partial charge in [-0.1, -0.05) is 6.07 Å². The number of nitrogens with zero attached hydrogens (tertiary/aromatic N) is 1. The van der Waals surface area contributed by atoms with E-state index in [1.165, 1.54) is 4.88 Å². The summed E-state index contributed by atoms with van der Waals surface area (Å²) in [7, 11) is 0. The Morgan fingerprint density at radius 1 is 1.28 bits per heavy atom. The normalized spacial score (nSPS) is 10.6. The van der Waals surface area contributed by atoms with E-state index in [4.69, 9.17) is 10.5 Å². The van der Waals surface area contributed by atoms with Gasteiger partial charge in [0.1, 0.15) is 5.75 Å². The predicted octanol–water partition coefficient (Wildman–Crippen LogP) is 2.57. The molecule has 2 aromatic rings. The van der Waals surface area contributed by atoms with Crippen LogP contribution in [0.2, 0.25) is 0 Å². The van der Waals surface area contributed by atoms with Crippen LogP contribution in [0, 0.1) is 6.92 Å². The number of hydrogen-bond acceptors (Lipinski definition) is 4. The first-order chi connectivity index (χ1) is 8.79. The first-order valence-corrected chi connectivity index (χ1v) is 6.99. The van der Waals surface area contributed by atoms with Crippen LogP contribution in [0.5, 0.6) is 5.75 Å². The first kappa shape index (κ1) is 13.1. The molecule has 0 radical (unpaired) electrons. The summed E-state index contributed by atoms with van der Waals surface area (Å²) in [5.41, 5.74) is 7.56. The van der Waals surface area contributed by atoms with Gasteiger partial charge in [-0.05, 0) is 37.0 Å². The molecule has 4 heteroatoms. The fourth-order valence-corrected chi connectivity index (χ4v) is 2.45. The van der Waals surface area contributed by atoms with Crippen molar-refractivity contribution in [2.45, 2.75) is 19.8 Å². The minimum Gasteiger partial charge on any atom is -0.491 e. The van der Waals surface area contributed by atoms with Gasteiger partial charge in [0.25, 0.3) is 0 Å². The topological polar surface area (TPSA) is 48.1 Å². The van der Waals surface area contributed by atoms with Crippen molar-refractivity contribution in [3.05, 3.63) is 45.9 Å². The van der Waals surface area contributed by atoms with Gasteiger partial charge in [-0.15, -0.1) is 11.3 Å². The lowest BCUT2D eigenvalue weighted by Crippen LogP contribution is -2.09. The fourth-order valence-electron chi connectivity index (χ4n) is 1.76. The van der Waals surface area contributed by atoms with E-state index in [1.807, 2.05) is 19.1 Å². The quantitative estimate of drug-likeness (QED) is 0.870. The van der Waals surface area contributed by atoms with E-state index < -0.39 is 0 Å². The van der Waals surface area contributed by atoms with E-state index in [9.17, 15) is 0 Å². The molecule has 2 N–H and O–H groups in total. The highest BCUT2D eigenvalue weighted by Gasteiger charge is 2.05. The molecule has 0 aliphatic heterocycles. The van der Waals surface area contributed by atoms with Gasteiger partial charge in [-0.2, -0.15) is 0 Å². The van der Waals surface area contributed by atoms with Crippen molar-refractivity contribution in [3.8, 4) is 5.75 Å². The Morgan fingerprint density at radius 2 is 2.17 bits per heavy atom. The lowest BCUT2D eigenvalue weighted by molar-refractivity contribution is 0.317. The third kappa shape index (κ3) is 3.55. The van der Waals surface area contributed by atoms with Crippen molar-refractivity contribution < 1.29 is 4.74 Å². The molecule has 0 amide bonds. The van der Waals surface area contributed by atoms with Gasteiger partial charge < -0.3 is 10.5 Å². The zero-order valence-corrected chi connectivity index (χ0v) is 11.4. The third-order valence-electron chi connectivity index (χ3n) is 2.64. The number of pyridine rings is 1. The smallest absolute Gasteiger partial charge is 0.140 e. The Bertz CT molecular complexity index is 483. The summed E-state index contributed by atoms with van der Waals surface area (Å²) in [5.74, 6) is 0.864. The van der Waals surface area contributed by atoms with Gasteiger partial charge in [-0.3, -0.25) is 4.98 Å². The van der Waals surface area contributed by atoms with E-state index in [2.05, 4.69) is 22.5 Å². The van der Waals surface area contributed by atoms with E-state index >= 15 is 0 Å². The summed E-state index contributed by atoms with van der Waals surface area (Å²) in [6, 6.07) is 8.15. The minimum absolute atomic E-state index is 0.595. The Kier molecular flexibility index (Phi) is 4.73. The number of rotatable bonds is 6. The van der Waals surface area contributed by atoms with Crippen molar-refractivity contribution in [2.75, 3.05) is 13.2 Å². The van der Waals surface area contributed by atoms with Crippen LogP contribution in [-0.2, 0) is 12.8 Å². The summed E-state index contributed by atoms with van der Waals surface area (Å²) in [5, 5.41) is 2.09. The van der Waals surface area contributed by atoms with E-state index in [-0.39, 0.29) is 0 Å². The van der Waals surface area contributed by atoms with Crippen LogP contribution in [0.25, 0.3) is 0 Å². The second-order valence-corrected chi connectivity index (χ2v) is 5.15. The largest absolute Gasteiger partial charge is 0.491 e. The third-order valence-corrected chi connectivity index (χ3v) is 3.58. The van der Waals surface area contributed by atoms with Crippen molar-refractivity contribution in [1.82, 2.24) is 4.98 Å². The first-order valence-electron chi connectivity index (χ1n) is 6.11. The molecule has 96 valence electrons. The Hall–Kier alpha value is -1.39. The maximum absolute atomic E-state index is 5.81. The lowest BCUT2D eigenvalue weighted by atomic mass is 10.2. The molecule has 0 fully saturated rings. The maximum Gasteiger partial charge on any atom is 0.140 e. The SMILES string of the molecule is Cc1ccc(OCCc2cccs2)c(CCN)n1. The van der Waals surface area contributed by atoms with Crippen molar-refractivity contribution >= 4 is 11.3 Å².